The second kappa shape index (κ2) is 10.9. The van der Waals surface area contributed by atoms with E-state index >= 15 is 0 Å². The molecule has 1 aromatic carbocycles. The van der Waals surface area contributed by atoms with Crippen LogP contribution in [0, 0.1) is 5.92 Å². The molecule has 0 aliphatic heterocycles. The molecule has 0 saturated carbocycles. The Labute approximate surface area is 167 Å². The second-order valence-corrected chi connectivity index (χ2v) is 7.30. The summed E-state index contributed by atoms with van der Waals surface area (Å²) in [6.07, 6.45) is 0.819. The average Bonchev–Trinajstić information content (AvgIpc) is 2.59. The maximum atomic E-state index is 12.2. The van der Waals surface area contributed by atoms with Crippen molar-refractivity contribution in [3.8, 4) is 0 Å². The quantitative estimate of drug-likeness (QED) is 0.536. The average molecular weight is 399 g/mol. The van der Waals surface area contributed by atoms with Crippen molar-refractivity contribution in [1.29, 1.82) is 0 Å². The number of benzene rings is 1. The molecule has 0 aliphatic rings. The first kappa shape index (κ1) is 24.9. The number of nitrogens with one attached hydrogen (secondary N) is 3. The van der Waals surface area contributed by atoms with Gasteiger partial charge in [-0.3, -0.25) is 14.4 Å². The third-order valence-electron chi connectivity index (χ3n) is 4.21. The van der Waals surface area contributed by atoms with Crippen molar-refractivity contribution in [2.75, 3.05) is 11.9 Å². The van der Waals surface area contributed by atoms with Crippen LogP contribution in [-0.2, 0) is 9.59 Å². The number of carbonyl (C=O) groups is 3. The SMILES string of the molecule is CCC(C)(C)NC(=O)c1ccc(NC(=O)CNC(=O)[C@@H](N)C(C)C)cc1.Cl. The van der Waals surface area contributed by atoms with Crippen molar-refractivity contribution in [3.63, 3.8) is 0 Å². The van der Waals surface area contributed by atoms with Crippen molar-refractivity contribution in [3.05, 3.63) is 29.8 Å². The summed E-state index contributed by atoms with van der Waals surface area (Å²) in [5.41, 5.74) is 6.50. The van der Waals surface area contributed by atoms with Crippen LogP contribution in [0.1, 0.15) is 51.4 Å². The Morgan fingerprint density at radius 3 is 2.15 bits per heavy atom. The fraction of sp³-hybridized carbons (Fsp3) is 0.526. The number of nitrogens with two attached hydrogens (primary N) is 1. The molecule has 0 radical (unpaired) electrons. The molecular weight excluding hydrogens is 368 g/mol. The van der Waals surface area contributed by atoms with E-state index in [9.17, 15) is 14.4 Å². The van der Waals surface area contributed by atoms with Gasteiger partial charge in [-0.25, -0.2) is 0 Å². The number of anilines is 1. The molecular formula is C19H31ClN4O3. The lowest BCUT2D eigenvalue weighted by atomic mass is 10.0. The van der Waals surface area contributed by atoms with Gasteiger partial charge in [-0.05, 0) is 50.5 Å². The molecule has 3 amide bonds. The molecule has 0 unspecified atom stereocenters. The Balaban J connectivity index is 0.00000676. The third-order valence-corrected chi connectivity index (χ3v) is 4.21. The van der Waals surface area contributed by atoms with E-state index in [0.717, 1.165) is 6.42 Å². The molecule has 1 atom stereocenters. The summed E-state index contributed by atoms with van der Waals surface area (Å²) in [4.78, 5) is 35.8. The lowest BCUT2D eigenvalue weighted by Crippen LogP contribution is -2.46. The zero-order valence-corrected chi connectivity index (χ0v) is 17.4. The number of halogens is 1. The Hall–Kier alpha value is -2.12. The van der Waals surface area contributed by atoms with E-state index in [1.165, 1.54) is 0 Å². The Kier molecular flexibility index (Phi) is 10.0. The highest BCUT2D eigenvalue weighted by Crippen LogP contribution is 2.12. The minimum absolute atomic E-state index is 0. The van der Waals surface area contributed by atoms with Crippen LogP contribution >= 0.6 is 12.4 Å². The van der Waals surface area contributed by atoms with Crippen LogP contribution in [0.5, 0.6) is 0 Å². The van der Waals surface area contributed by atoms with E-state index < -0.39 is 6.04 Å². The number of amides is 3. The van der Waals surface area contributed by atoms with Crippen LogP contribution in [0.15, 0.2) is 24.3 Å². The minimum atomic E-state index is -0.645. The monoisotopic (exact) mass is 398 g/mol. The molecule has 5 N–H and O–H groups in total. The molecule has 0 aliphatic carbocycles. The fourth-order valence-corrected chi connectivity index (χ4v) is 1.97. The molecule has 0 spiro atoms. The van der Waals surface area contributed by atoms with E-state index in [1.807, 2.05) is 34.6 Å². The van der Waals surface area contributed by atoms with Gasteiger partial charge >= 0.3 is 0 Å². The van der Waals surface area contributed by atoms with Gasteiger partial charge in [-0.15, -0.1) is 12.4 Å². The lowest BCUT2D eigenvalue weighted by molar-refractivity contribution is -0.125. The predicted molar refractivity (Wildman–Crippen MR) is 110 cm³/mol. The molecule has 27 heavy (non-hydrogen) atoms. The molecule has 1 aromatic rings. The molecule has 152 valence electrons. The van der Waals surface area contributed by atoms with Crippen LogP contribution in [0.3, 0.4) is 0 Å². The highest BCUT2D eigenvalue weighted by Gasteiger charge is 2.19. The number of hydrogen-bond donors (Lipinski definition) is 4. The van der Waals surface area contributed by atoms with Gasteiger partial charge in [0.1, 0.15) is 0 Å². The van der Waals surface area contributed by atoms with Gasteiger partial charge in [0.2, 0.25) is 11.8 Å². The first-order valence-corrected chi connectivity index (χ1v) is 8.81. The van der Waals surface area contributed by atoms with Gasteiger partial charge in [-0.1, -0.05) is 20.8 Å². The summed E-state index contributed by atoms with van der Waals surface area (Å²) in [6, 6.07) is 5.93. The van der Waals surface area contributed by atoms with Gasteiger partial charge in [0.05, 0.1) is 12.6 Å². The standard InChI is InChI=1S/C19H30N4O3.ClH/c1-6-19(4,5)23-17(25)13-7-9-14(10-8-13)22-15(24)11-21-18(26)16(20)12(2)3;/h7-10,12,16H,6,11,20H2,1-5H3,(H,21,26)(H,22,24)(H,23,25);1H/t16-;/m0./s1. The molecule has 0 heterocycles. The van der Waals surface area contributed by atoms with Gasteiger partial charge in [0.15, 0.2) is 0 Å². The van der Waals surface area contributed by atoms with Crippen molar-refractivity contribution in [1.82, 2.24) is 10.6 Å². The smallest absolute Gasteiger partial charge is 0.251 e. The Morgan fingerprint density at radius 1 is 1.11 bits per heavy atom. The molecule has 8 heteroatoms. The molecule has 0 saturated heterocycles. The number of rotatable bonds is 8. The van der Waals surface area contributed by atoms with Gasteiger partial charge in [0.25, 0.3) is 5.91 Å². The zero-order valence-electron chi connectivity index (χ0n) is 16.6. The van der Waals surface area contributed by atoms with Crippen LogP contribution in [0.2, 0.25) is 0 Å². The molecule has 0 bridgehead atoms. The van der Waals surface area contributed by atoms with Crippen LogP contribution < -0.4 is 21.7 Å². The Morgan fingerprint density at radius 2 is 1.67 bits per heavy atom. The molecule has 0 fully saturated rings. The number of hydrogen-bond acceptors (Lipinski definition) is 4. The van der Waals surface area contributed by atoms with Crippen molar-refractivity contribution < 1.29 is 14.4 Å². The number of carbonyl (C=O) groups excluding carboxylic acids is 3. The molecule has 7 nitrogen and oxygen atoms in total. The summed E-state index contributed by atoms with van der Waals surface area (Å²) in [5.74, 6) is -0.890. The zero-order chi connectivity index (χ0) is 19.9. The van der Waals surface area contributed by atoms with Gasteiger partial charge in [-0.2, -0.15) is 0 Å². The third kappa shape index (κ3) is 8.41. The van der Waals surface area contributed by atoms with E-state index in [0.29, 0.717) is 11.3 Å². The normalized spacial score (nSPS) is 12.0. The summed E-state index contributed by atoms with van der Waals surface area (Å²) >= 11 is 0. The largest absolute Gasteiger partial charge is 0.347 e. The van der Waals surface area contributed by atoms with Gasteiger partial charge in [0, 0.05) is 16.8 Å². The lowest BCUT2D eigenvalue weighted by Gasteiger charge is -2.24. The van der Waals surface area contributed by atoms with E-state index in [2.05, 4.69) is 16.0 Å². The molecule has 0 aromatic heterocycles. The fourth-order valence-electron chi connectivity index (χ4n) is 1.97. The van der Waals surface area contributed by atoms with E-state index in [1.54, 1.807) is 24.3 Å². The first-order chi connectivity index (χ1) is 12.1. The maximum absolute atomic E-state index is 12.2. The summed E-state index contributed by atoms with van der Waals surface area (Å²) in [6.45, 7) is 9.43. The van der Waals surface area contributed by atoms with Crippen molar-refractivity contribution >= 4 is 35.8 Å². The summed E-state index contributed by atoms with van der Waals surface area (Å²) in [5, 5.41) is 8.12. The van der Waals surface area contributed by atoms with Crippen molar-refractivity contribution in [2.45, 2.75) is 52.6 Å². The molecule has 1 rings (SSSR count). The highest BCUT2D eigenvalue weighted by atomic mass is 35.5. The first-order valence-electron chi connectivity index (χ1n) is 8.81. The van der Waals surface area contributed by atoms with E-state index in [4.69, 9.17) is 5.73 Å². The second-order valence-electron chi connectivity index (χ2n) is 7.30. The van der Waals surface area contributed by atoms with Crippen LogP contribution in [0.4, 0.5) is 5.69 Å². The Bertz CT molecular complexity index is 645. The maximum Gasteiger partial charge on any atom is 0.251 e. The van der Waals surface area contributed by atoms with Crippen molar-refractivity contribution in [2.24, 2.45) is 11.7 Å². The van der Waals surface area contributed by atoms with Crippen LogP contribution in [0.25, 0.3) is 0 Å². The minimum Gasteiger partial charge on any atom is -0.347 e. The summed E-state index contributed by atoms with van der Waals surface area (Å²) < 4.78 is 0. The predicted octanol–water partition coefficient (Wildman–Crippen LogP) is 2.06. The van der Waals surface area contributed by atoms with Crippen LogP contribution in [-0.4, -0.2) is 35.8 Å². The summed E-state index contributed by atoms with van der Waals surface area (Å²) in [7, 11) is 0. The topological polar surface area (TPSA) is 113 Å². The highest BCUT2D eigenvalue weighted by molar-refractivity contribution is 5.97. The van der Waals surface area contributed by atoms with E-state index in [-0.39, 0.29) is 48.1 Å². The van der Waals surface area contributed by atoms with Gasteiger partial charge < -0.3 is 21.7 Å².